The number of H-pyrrole nitrogens is 1. The van der Waals surface area contributed by atoms with Crippen LogP contribution >= 0.6 is 0 Å². The molecule has 0 spiro atoms. The summed E-state index contributed by atoms with van der Waals surface area (Å²) in [6, 6.07) is 19.7. The number of halogens is 3. The predicted octanol–water partition coefficient (Wildman–Crippen LogP) is 5.49. The van der Waals surface area contributed by atoms with Crippen LogP contribution in [-0.2, 0) is 22.6 Å². The summed E-state index contributed by atoms with van der Waals surface area (Å²) in [5.41, 5.74) is 0.611. The molecule has 2 heterocycles. The predicted molar refractivity (Wildman–Crippen MR) is 131 cm³/mol. The van der Waals surface area contributed by atoms with Gasteiger partial charge in [-0.05, 0) is 66.1 Å². The summed E-state index contributed by atoms with van der Waals surface area (Å²) in [4.78, 5) is 18.3. The van der Waals surface area contributed by atoms with Gasteiger partial charge in [-0.2, -0.15) is 13.2 Å². The van der Waals surface area contributed by atoms with Crippen LogP contribution in [0.4, 0.5) is 18.9 Å². The van der Waals surface area contributed by atoms with Crippen LogP contribution in [0.5, 0.6) is 0 Å². The number of sulfonamides is 1. The standard InChI is InChI=1S/C26H18F3N3O3S/c27-26(28,29)21-15-25(33)31-23-11-8-17(14-20(21)23)13-16-6-9-18(10-7-16)36(34,35)32-24-5-1-4-22-19(24)3-2-12-30-22/h1-12,14-15,32H,13H2,(H,31,33). The summed E-state index contributed by atoms with van der Waals surface area (Å²) in [5, 5.41) is 0.559. The lowest BCUT2D eigenvalue weighted by Gasteiger charge is -2.12. The van der Waals surface area contributed by atoms with E-state index in [0.29, 0.717) is 33.8 Å². The minimum Gasteiger partial charge on any atom is -0.322 e. The van der Waals surface area contributed by atoms with Gasteiger partial charge in [-0.1, -0.05) is 24.3 Å². The Balaban J connectivity index is 1.41. The zero-order valence-corrected chi connectivity index (χ0v) is 19.3. The fourth-order valence-electron chi connectivity index (χ4n) is 4.06. The van der Waals surface area contributed by atoms with Crippen LogP contribution in [0.15, 0.2) is 94.7 Å². The first-order valence-electron chi connectivity index (χ1n) is 10.8. The van der Waals surface area contributed by atoms with E-state index in [2.05, 4.69) is 14.7 Å². The average Bonchev–Trinajstić information content (AvgIpc) is 2.83. The number of hydrogen-bond donors (Lipinski definition) is 2. The number of aromatic nitrogens is 2. The highest BCUT2D eigenvalue weighted by molar-refractivity contribution is 7.92. The van der Waals surface area contributed by atoms with E-state index >= 15 is 0 Å². The van der Waals surface area contributed by atoms with Crippen molar-refractivity contribution in [2.75, 3.05) is 4.72 Å². The fraction of sp³-hybridized carbons (Fsp3) is 0.0769. The van der Waals surface area contributed by atoms with E-state index in [1.54, 1.807) is 54.7 Å². The number of pyridine rings is 2. The molecule has 36 heavy (non-hydrogen) atoms. The first kappa shape index (κ1) is 23.6. The van der Waals surface area contributed by atoms with Gasteiger partial charge in [-0.3, -0.25) is 14.5 Å². The molecule has 10 heteroatoms. The lowest BCUT2D eigenvalue weighted by molar-refractivity contribution is -0.136. The second-order valence-electron chi connectivity index (χ2n) is 8.23. The Morgan fingerprint density at radius 3 is 2.36 bits per heavy atom. The molecule has 6 nitrogen and oxygen atoms in total. The van der Waals surface area contributed by atoms with Gasteiger partial charge in [0.05, 0.1) is 21.7 Å². The highest BCUT2D eigenvalue weighted by Gasteiger charge is 2.33. The highest BCUT2D eigenvalue weighted by Crippen LogP contribution is 2.34. The average molecular weight is 510 g/mol. The van der Waals surface area contributed by atoms with E-state index < -0.39 is 27.3 Å². The number of hydrogen-bond acceptors (Lipinski definition) is 4. The van der Waals surface area contributed by atoms with E-state index in [1.165, 1.54) is 24.3 Å². The summed E-state index contributed by atoms with van der Waals surface area (Å²) in [7, 11) is -3.89. The Morgan fingerprint density at radius 2 is 1.61 bits per heavy atom. The van der Waals surface area contributed by atoms with Gasteiger partial charge in [0, 0.05) is 28.6 Å². The largest absolute Gasteiger partial charge is 0.417 e. The van der Waals surface area contributed by atoms with Crippen LogP contribution in [-0.4, -0.2) is 18.4 Å². The molecule has 0 bridgehead atoms. The minimum absolute atomic E-state index is 0.0441. The van der Waals surface area contributed by atoms with Crippen molar-refractivity contribution in [2.24, 2.45) is 0 Å². The number of anilines is 1. The van der Waals surface area contributed by atoms with Crippen LogP contribution in [0, 0.1) is 0 Å². The fourth-order valence-corrected chi connectivity index (χ4v) is 5.14. The maximum Gasteiger partial charge on any atom is 0.417 e. The smallest absolute Gasteiger partial charge is 0.322 e. The second kappa shape index (κ2) is 8.80. The number of fused-ring (bicyclic) bond motifs is 2. The molecule has 0 atom stereocenters. The number of rotatable bonds is 5. The van der Waals surface area contributed by atoms with Crippen molar-refractivity contribution < 1.29 is 21.6 Å². The monoisotopic (exact) mass is 509 g/mol. The number of nitrogens with one attached hydrogen (secondary N) is 2. The SMILES string of the molecule is O=c1cc(C(F)(F)F)c2cc(Cc3ccc(S(=O)(=O)Nc4cccc5ncccc45)cc3)ccc2[nH]1. The molecular formula is C26H18F3N3O3S. The molecule has 182 valence electrons. The molecule has 0 aliphatic rings. The Morgan fingerprint density at radius 1 is 0.861 bits per heavy atom. The third-order valence-corrected chi connectivity index (χ3v) is 7.13. The second-order valence-corrected chi connectivity index (χ2v) is 9.91. The molecule has 0 aliphatic heterocycles. The topological polar surface area (TPSA) is 91.9 Å². The van der Waals surface area contributed by atoms with E-state index in [0.717, 1.165) is 0 Å². The first-order chi connectivity index (χ1) is 17.1. The molecule has 0 aliphatic carbocycles. The number of benzene rings is 3. The molecule has 0 amide bonds. The minimum atomic E-state index is -4.67. The Kier molecular flexibility index (Phi) is 5.76. The molecule has 0 unspecified atom stereocenters. The van der Waals surface area contributed by atoms with Gasteiger partial charge >= 0.3 is 6.18 Å². The maximum atomic E-state index is 13.4. The molecule has 0 saturated carbocycles. The Bertz CT molecular complexity index is 1760. The molecular weight excluding hydrogens is 491 g/mol. The first-order valence-corrected chi connectivity index (χ1v) is 12.3. The summed E-state index contributed by atoms with van der Waals surface area (Å²) < 4.78 is 68.8. The molecule has 3 aromatic carbocycles. The molecule has 0 radical (unpaired) electrons. The molecule has 2 N–H and O–H groups in total. The highest BCUT2D eigenvalue weighted by atomic mass is 32.2. The van der Waals surface area contributed by atoms with Gasteiger partial charge < -0.3 is 4.98 Å². The zero-order chi connectivity index (χ0) is 25.5. The Labute approximate surface area is 203 Å². The van der Waals surface area contributed by atoms with Crippen molar-refractivity contribution in [3.8, 4) is 0 Å². The van der Waals surface area contributed by atoms with E-state index in [9.17, 15) is 26.4 Å². The van der Waals surface area contributed by atoms with Crippen LogP contribution in [0.1, 0.15) is 16.7 Å². The van der Waals surface area contributed by atoms with Crippen molar-refractivity contribution in [1.82, 2.24) is 9.97 Å². The van der Waals surface area contributed by atoms with Crippen molar-refractivity contribution in [1.29, 1.82) is 0 Å². The van der Waals surface area contributed by atoms with Gasteiger partial charge in [0.25, 0.3) is 10.0 Å². The molecule has 0 fully saturated rings. The summed E-state index contributed by atoms with van der Waals surface area (Å²) in [5.74, 6) is 0. The third kappa shape index (κ3) is 4.67. The van der Waals surface area contributed by atoms with Gasteiger partial charge in [0.15, 0.2) is 0 Å². The van der Waals surface area contributed by atoms with Crippen molar-refractivity contribution in [3.05, 3.63) is 112 Å². The normalized spacial score (nSPS) is 12.2. The van der Waals surface area contributed by atoms with Gasteiger partial charge in [-0.25, -0.2) is 8.42 Å². The number of nitrogens with zero attached hydrogens (tertiary/aromatic N) is 1. The van der Waals surface area contributed by atoms with E-state index in [4.69, 9.17) is 0 Å². The van der Waals surface area contributed by atoms with Crippen LogP contribution in [0.3, 0.4) is 0 Å². The van der Waals surface area contributed by atoms with Crippen LogP contribution in [0.25, 0.3) is 21.8 Å². The summed E-state index contributed by atoms with van der Waals surface area (Å²) in [6.07, 6.45) is -2.78. The van der Waals surface area contributed by atoms with Gasteiger partial charge in [0.2, 0.25) is 5.56 Å². The van der Waals surface area contributed by atoms with Crippen LogP contribution in [0.2, 0.25) is 0 Å². The third-order valence-electron chi connectivity index (χ3n) is 5.74. The van der Waals surface area contributed by atoms with E-state index in [-0.39, 0.29) is 22.2 Å². The lowest BCUT2D eigenvalue weighted by Crippen LogP contribution is -2.14. The zero-order valence-electron chi connectivity index (χ0n) is 18.5. The van der Waals surface area contributed by atoms with Gasteiger partial charge in [0.1, 0.15) is 0 Å². The number of aromatic amines is 1. The van der Waals surface area contributed by atoms with E-state index in [1.807, 2.05) is 0 Å². The van der Waals surface area contributed by atoms with Crippen molar-refractivity contribution in [2.45, 2.75) is 17.5 Å². The summed E-state index contributed by atoms with van der Waals surface area (Å²) >= 11 is 0. The quantitative estimate of drug-likeness (QED) is 0.328. The summed E-state index contributed by atoms with van der Waals surface area (Å²) in [6.45, 7) is 0. The Hall–Kier alpha value is -4.18. The maximum absolute atomic E-state index is 13.4. The van der Waals surface area contributed by atoms with Crippen molar-refractivity contribution in [3.63, 3.8) is 0 Å². The van der Waals surface area contributed by atoms with Gasteiger partial charge in [-0.15, -0.1) is 0 Å². The molecule has 5 aromatic rings. The lowest BCUT2D eigenvalue weighted by atomic mass is 10.0. The molecule has 5 rings (SSSR count). The van der Waals surface area contributed by atoms with Crippen LogP contribution < -0.4 is 10.3 Å². The molecule has 0 saturated heterocycles. The van der Waals surface area contributed by atoms with Crippen molar-refractivity contribution >= 4 is 37.5 Å². The molecule has 2 aromatic heterocycles. The number of alkyl halides is 3.